The summed E-state index contributed by atoms with van der Waals surface area (Å²) >= 11 is 6.00. The van der Waals surface area contributed by atoms with E-state index in [2.05, 4.69) is 0 Å². The molecule has 0 bridgehead atoms. The number of hydrogen-bond donors (Lipinski definition) is 0. The summed E-state index contributed by atoms with van der Waals surface area (Å²) in [4.78, 5) is 25.8. The molecule has 2 aromatic rings. The standard InChI is InChI=1S/C18H13ClO2/c19-13-5-6-15-11(9-13)7-8-18(17(15)21)10-12-3-1-2-4-14(12)16(18)20/h1-6,9H,7-8,10H2/t18-/m0/s1. The maximum atomic E-state index is 13.0. The molecule has 2 nitrogen and oxygen atoms in total. The summed E-state index contributed by atoms with van der Waals surface area (Å²) in [7, 11) is 0. The molecule has 0 unspecified atom stereocenters. The van der Waals surface area contributed by atoms with Gasteiger partial charge in [0, 0.05) is 16.1 Å². The first kappa shape index (κ1) is 12.8. The lowest BCUT2D eigenvalue weighted by Crippen LogP contribution is -2.41. The van der Waals surface area contributed by atoms with Crippen molar-refractivity contribution in [2.45, 2.75) is 19.3 Å². The molecule has 0 radical (unpaired) electrons. The SMILES string of the molecule is O=C1c2ccc(Cl)cc2CC[C@@]12Cc1ccccc1C2=O. The summed E-state index contributed by atoms with van der Waals surface area (Å²) in [6.45, 7) is 0. The average Bonchev–Trinajstić information content (AvgIpc) is 2.78. The zero-order valence-electron chi connectivity index (χ0n) is 11.4. The second-order valence-electron chi connectivity index (χ2n) is 5.88. The van der Waals surface area contributed by atoms with Crippen molar-refractivity contribution in [3.8, 4) is 0 Å². The van der Waals surface area contributed by atoms with E-state index in [9.17, 15) is 9.59 Å². The van der Waals surface area contributed by atoms with E-state index < -0.39 is 5.41 Å². The van der Waals surface area contributed by atoms with Crippen LogP contribution >= 0.6 is 11.6 Å². The Kier molecular flexibility index (Phi) is 2.61. The van der Waals surface area contributed by atoms with Crippen molar-refractivity contribution >= 4 is 23.2 Å². The minimum absolute atomic E-state index is 0.0105. The first-order valence-corrected chi connectivity index (χ1v) is 7.45. The molecule has 0 saturated carbocycles. The Balaban J connectivity index is 1.84. The topological polar surface area (TPSA) is 34.1 Å². The van der Waals surface area contributed by atoms with Crippen molar-refractivity contribution in [3.05, 3.63) is 69.7 Å². The summed E-state index contributed by atoms with van der Waals surface area (Å²) in [5.41, 5.74) is 2.44. The molecule has 0 saturated heterocycles. The van der Waals surface area contributed by atoms with Crippen LogP contribution in [0.2, 0.25) is 5.02 Å². The third kappa shape index (κ3) is 1.66. The number of aryl methyl sites for hydroxylation is 1. The highest BCUT2D eigenvalue weighted by atomic mass is 35.5. The average molecular weight is 297 g/mol. The van der Waals surface area contributed by atoms with Gasteiger partial charge < -0.3 is 0 Å². The zero-order chi connectivity index (χ0) is 14.6. The molecule has 0 heterocycles. The van der Waals surface area contributed by atoms with Gasteiger partial charge in [-0.15, -0.1) is 0 Å². The smallest absolute Gasteiger partial charge is 0.177 e. The molecular weight excluding hydrogens is 284 g/mol. The highest BCUT2D eigenvalue weighted by Gasteiger charge is 2.52. The molecule has 21 heavy (non-hydrogen) atoms. The van der Waals surface area contributed by atoms with E-state index in [1.165, 1.54) is 0 Å². The van der Waals surface area contributed by atoms with Crippen molar-refractivity contribution < 1.29 is 9.59 Å². The minimum Gasteiger partial charge on any atom is -0.293 e. The van der Waals surface area contributed by atoms with Gasteiger partial charge in [0.1, 0.15) is 5.41 Å². The molecule has 1 atom stereocenters. The number of carbonyl (C=O) groups is 2. The van der Waals surface area contributed by atoms with Gasteiger partial charge in [-0.3, -0.25) is 9.59 Å². The second kappa shape index (κ2) is 4.28. The maximum Gasteiger partial charge on any atom is 0.177 e. The van der Waals surface area contributed by atoms with Crippen LogP contribution < -0.4 is 0 Å². The van der Waals surface area contributed by atoms with Gasteiger partial charge in [-0.05, 0) is 48.6 Å². The predicted octanol–water partition coefficient (Wildman–Crippen LogP) is 3.89. The van der Waals surface area contributed by atoms with Gasteiger partial charge in [0.2, 0.25) is 0 Å². The van der Waals surface area contributed by atoms with E-state index >= 15 is 0 Å². The van der Waals surface area contributed by atoms with Crippen LogP contribution in [-0.4, -0.2) is 11.6 Å². The number of rotatable bonds is 0. The monoisotopic (exact) mass is 296 g/mol. The fraction of sp³-hybridized carbons (Fsp3) is 0.222. The molecule has 0 fully saturated rings. The Morgan fingerprint density at radius 2 is 1.62 bits per heavy atom. The molecule has 2 aromatic carbocycles. The zero-order valence-corrected chi connectivity index (χ0v) is 12.1. The number of carbonyl (C=O) groups excluding carboxylic acids is 2. The van der Waals surface area contributed by atoms with Gasteiger partial charge >= 0.3 is 0 Å². The van der Waals surface area contributed by atoms with Gasteiger partial charge in [-0.1, -0.05) is 35.9 Å². The normalized spacial score (nSPS) is 23.3. The molecule has 4 rings (SSSR count). The lowest BCUT2D eigenvalue weighted by atomic mass is 9.68. The van der Waals surface area contributed by atoms with Gasteiger partial charge in [0.25, 0.3) is 0 Å². The molecule has 2 aliphatic carbocycles. The summed E-state index contributed by atoms with van der Waals surface area (Å²) < 4.78 is 0. The van der Waals surface area contributed by atoms with E-state index in [1.807, 2.05) is 30.3 Å². The fourth-order valence-corrected chi connectivity index (χ4v) is 3.85. The molecule has 0 amide bonds. The van der Waals surface area contributed by atoms with Crippen molar-refractivity contribution in [1.82, 2.24) is 0 Å². The first-order chi connectivity index (χ1) is 10.1. The van der Waals surface area contributed by atoms with Crippen molar-refractivity contribution in [2.24, 2.45) is 5.41 Å². The van der Waals surface area contributed by atoms with Gasteiger partial charge in [-0.2, -0.15) is 0 Å². The van der Waals surface area contributed by atoms with Crippen molar-refractivity contribution in [3.63, 3.8) is 0 Å². The molecule has 0 N–H and O–H groups in total. The number of ketones is 2. The Hall–Kier alpha value is -1.93. The Labute approximate surface area is 127 Å². The van der Waals surface area contributed by atoms with Gasteiger partial charge in [0.05, 0.1) is 0 Å². The van der Waals surface area contributed by atoms with Crippen LogP contribution in [0.1, 0.15) is 38.3 Å². The summed E-state index contributed by atoms with van der Waals surface area (Å²) in [6.07, 6.45) is 1.83. The largest absolute Gasteiger partial charge is 0.293 e. The maximum absolute atomic E-state index is 13.0. The predicted molar refractivity (Wildman–Crippen MR) is 81.0 cm³/mol. The third-order valence-corrected chi connectivity index (χ3v) is 4.99. The number of fused-ring (bicyclic) bond motifs is 2. The number of Topliss-reactive ketones (excluding diaryl/α,β-unsaturated/α-hetero) is 2. The van der Waals surface area contributed by atoms with E-state index in [0.29, 0.717) is 29.0 Å². The first-order valence-electron chi connectivity index (χ1n) is 7.08. The molecular formula is C18H13ClO2. The summed E-state index contributed by atoms with van der Waals surface area (Å²) in [6, 6.07) is 12.9. The van der Waals surface area contributed by atoms with Crippen LogP contribution in [0.15, 0.2) is 42.5 Å². The van der Waals surface area contributed by atoms with Crippen LogP contribution in [0.25, 0.3) is 0 Å². The molecule has 2 aliphatic rings. The number of halogens is 1. The second-order valence-corrected chi connectivity index (χ2v) is 6.31. The fourth-order valence-electron chi connectivity index (χ4n) is 3.65. The molecule has 3 heteroatoms. The summed E-state index contributed by atoms with van der Waals surface area (Å²) in [5, 5.41) is 0.638. The lowest BCUT2D eigenvalue weighted by molar-refractivity contribution is 0.0655. The lowest BCUT2D eigenvalue weighted by Gasteiger charge is -2.31. The molecule has 0 aliphatic heterocycles. The van der Waals surface area contributed by atoms with E-state index in [1.54, 1.807) is 12.1 Å². The molecule has 0 aromatic heterocycles. The van der Waals surface area contributed by atoms with Crippen molar-refractivity contribution in [2.75, 3.05) is 0 Å². The highest BCUT2D eigenvalue weighted by molar-refractivity contribution is 6.31. The van der Waals surface area contributed by atoms with Crippen LogP contribution in [-0.2, 0) is 12.8 Å². The minimum atomic E-state index is -0.884. The quantitative estimate of drug-likeness (QED) is 0.691. The molecule has 104 valence electrons. The van der Waals surface area contributed by atoms with Crippen LogP contribution in [0, 0.1) is 5.41 Å². The van der Waals surface area contributed by atoms with Crippen LogP contribution in [0.3, 0.4) is 0 Å². The third-order valence-electron chi connectivity index (χ3n) is 4.76. The van der Waals surface area contributed by atoms with Crippen LogP contribution in [0.4, 0.5) is 0 Å². The van der Waals surface area contributed by atoms with Crippen LogP contribution in [0.5, 0.6) is 0 Å². The highest BCUT2D eigenvalue weighted by Crippen LogP contribution is 2.46. The Morgan fingerprint density at radius 1 is 0.905 bits per heavy atom. The Morgan fingerprint density at radius 3 is 2.38 bits per heavy atom. The van der Waals surface area contributed by atoms with E-state index in [4.69, 9.17) is 11.6 Å². The summed E-state index contributed by atoms with van der Waals surface area (Å²) in [5.74, 6) is -0.0506. The number of benzene rings is 2. The van der Waals surface area contributed by atoms with Crippen molar-refractivity contribution in [1.29, 1.82) is 0 Å². The number of hydrogen-bond acceptors (Lipinski definition) is 2. The van der Waals surface area contributed by atoms with E-state index in [-0.39, 0.29) is 11.6 Å². The Bertz CT molecular complexity index is 794. The van der Waals surface area contributed by atoms with Gasteiger partial charge in [0.15, 0.2) is 11.6 Å². The van der Waals surface area contributed by atoms with E-state index in [0.717, 1.165) is 17.5 Å². The molecule has 1 spiro atoms. The van der Waals surface area contributed by atoms with Gasteiger partial charge in [-0.25, -0.2) is 0 Å².